The molecular formula is C9H6ClN3OS. The molecule has 0 radical (unpaired) electrons. The number of nitrogens with one attached hydrogen (secondary N) is 1. The van der Waals surface area contributed by atoms with E-state index in [9.17, 15) is 4.79 Å². The molecule has 0 bridgehead atoms. The smallest absolute Gasteiger partial charge is 0.257 e. The number of amides is 1. The molecule has 6 heteroatoms. The van der Waals surface area contributed by atoms with Crippen molar-refractivity contribution < 1.29 is 4.79 Å². The van der Waals surface area contributed by atoms with Gasteiger partial charge in [-0.2, -0.15) is 4.37 Å². The molecule has 4 nitrogen and oxygen atoms in total. The maximum Gasteiger partial charge on any atom is 0.257 e. The topological polar surface area (TPSA) is 54.9 Å². The van der Waals surface area contributed by atoms with E-state index in [1.165, 1.54) is 6.33 Å². The number of aromatic nitrogens is 2. The summed E-state index contributed by atoms with van der Waals surface area (Å²) in [5.41, 5.74) is 0.537. The van der Waals surface area contributed by atoms with E-state index in [1.807, 2.05) is 0 Å². The van der Waals surface area contributed by atoms with Crippen molar-refractivity contribution in [3.63, 3.8) is 0 Å². The van der Waals surface area contributed by atoms with Gasteiger partial charge >= 0.3 is 0 Å². The highest BCUT2D eigenvalue weighted by atomic mass is 35.5. The average molecular weight is 240 g/mol. The summed E-state index contributed by atoms with van der Waals surface area (Å²) in [5, 5.41) is 3.70. The minimum atomic E-state index is -0.219. The van der Waals surface area contributed by atoms with Gasteiger partial charge in [0, 0.05) is 22.1 Å². The van der Waals surface area contributed by atoms with Crippen molar-refractivity contribution in [1.29, 1.82) is 0 Å². The van der Waals surface area contributed by atoms with Crippen LogP contribution < -0.4 is 5.32 Å². The first-order valence-electron chi connectivity index (χ1n) is 4.09. The molecule has 0 saturated heterocycles. The molecule has 1 amide bonds. The normalized spacial score (nSPS) is 9.93. The van der Waals surface area contributed by atoms with E-state index in [0.717, 1.165) is 11.5 Å². The molecule has 2 rings (SSSR count). The van der Waals surface area contributed by atoms with Crippen LogP contribution in [0.25, 0.3) is 0 Å². The summed E-state index contributed by atoms with van der Waals surface area (Å²) in [6, 6.07) is 6.63. The van der Waals surface area contributed by atoms with Crippen LogP contribution >= 0.6 is 23.1 Å². The summed E-state index contributed by atoms with van der Waals surface area (Å²) >= 11 is 6.84. The minimum absolute atomic E-state index is 0.219. The predicted octanol–water partition coefficient (Wildman–Crippen LogP) is 2.44. The Morgan fingerprint density at radius 2 is 2.07 bits per heavy atom. The number of nitrogens with zero attached hydrogens (tertiary/aromatic N) is 2. The molecule has 15 heavy (non-hydrogen) atoms. The lowest BCUT2D eigenvalue weighted by Gasteiger charge is -2.00. The van der Waals surface area contributed by atoms with Crippen LogP contribution in [0, 0.1) is 0 Å². The van der Waals surface area contributed by atoms with Gasteiger partial charge in [-0.15, -0.1) is 0 Å². The molecule has 0 aliphatic carbocycles. The number of halogens is 1. The Morgan fingerprint density at radius 1 is 1.33 bits per heavy atom. The maximum absolute atomic E-state index is 11.6. The number of hydrogen-bond acceptors (Lipinski definition) is 4. The quantitative estimate of drug-likeness (QED) is 0.876. The van der Waals surface area contributed by atoms with Crippen LogP contribution in [0.3, 0.4) is 0 Å². The molecular weight excluding hydrogens is 234 g/mol. The third kappa shape index (κ3) is 2.51. The summed E-state index contributed by atoms with van der Waals surface area (Å²) in [5.74, 6) is -0.219. The highest BCUT2D eigenvalue weighted by molar-refractivity contribution is 7.09. The molecule has 0 unspecified atom stereocenters. The molecule has 0 spiro atoms. The fourth-order valence-corrected chi connectivity index (χ4v) is 1.55. The van der Waals surface area contributed by atoms with Crippen LogP contribution in [-0.4, -0.2) is 15.3 Å². The number of benzene rings is 1. The molecule has 76 valence electrons. The van der Waals surface area contributed by atoms with Gasteiger partial charge in [0.15, 0.2) is 0 Å². The van der Waals surface area contributed by atoms with Crippen LogP contribution in [0.15, 0.2) is 30.6 Å². The lowest BCUT2D eigenvalue weighted by molar-refractivity contribution is 0.102. The number of rotatable bonds is 2. The van der Waals surface area contributed by atoms with E-state index in [0.29, 0.717) is 15.7 Å². The second-order valence-corrected chi connectivity index (χ2v) is 3.92. The number of hydrogen-bond donors (Lipinski definition) is 1. The molecule has 0 saturated carbocycles. The van der Waals surface area contributed by atoms with E-state index in [4.69, 9.17) is 11.6 Å². The van der Waals surface area contributed by atoms with Crippen molar-refractivity contribution in [2.45, 2.75) is 0 Å². The predicted molar refractivity (Wildman–Crippen MR) is 59.3 cm³/mol. The van der Waals surface area contributed by atoms with E-state index >= 15 is 0 Å². The van der Waals surface area contributed by atoms with Crippen molar-refractivity contribution in [3.8, 4) is 0 Å². The van der Waals surface area contributed by atoms with Crippen molar-refractivity contribution >= 4 is 34.2 Å². The fourth-order valence-electron chi connectivity index (χ4n) is 0.999. The third-order valence-electron chi connectivity index (χ3n) is 1.69. The Bertz CT molecular complexity index is 455. The Balaban J connectivity index is 2.11. The van der Waals surface area contributed by atoms with Gasteiger partial charge in [-0.25, -0.2) is 4.98 Å². The number of anilines is 1. The zero-order valence-electron chi connectivity index (χ0n) is 7.48. The average Bonchev–Trinajstić information content (AvgIpc) is 2.71. The van der Waals surface area contributed by atoms with Gasteiger partial charge < -0.3 is 0 Å². The van der Waals surface area contributed by atoms with Crippen LogP contribution in [0.4, 0.5) is 5.13 Å². The lowest BCUT2D eigenvalue weighted by atomic mass is 10.2. The molecule has 1 aromatic carbocycles. The third-order valence-corrected chi connectivity index (χ3v) is 2.52. The molecule has 2 aromatic rings. The molecule has 0 fully saturated rings. The van der Waals surface area contributed by atoms with Gasteiger partial charge in [0.05, 0.1) is 0 Å². The highest BCUT2D eigenvalue weighted by Gasteiger charge is 2.06. The molecule has 1 heterocycles. The van der Waals surface area contributed by atoms with Gasteiger partial charge in [0.2, 0.25) is 5.13 Å². The van der Waals surface area contributed by atoms with E-state index < -0.39 is 0 Å². The highest BCUT2D eigenvalue weighted by Crippen LogP contribution is 2.12. The summed E-state index contributed by atoms with van der Waals surface area (Å²) in [6.07, 6.45) is 1.39. The first-order valence-corrected chi connectivity index (χ1v) is 5.24. The molecule has 1 N–H and O–H groups in total. The summed E-state index contributed by atoms with van der Waals surface area (Å²) in [6.45, 7) is 0. The first-order chi connectivity index (χ1) is 7.25. The number of carbonyl (C=O) groups excluding carboxylic acids is 1. The largest absolute Gasteiger partial charge is 0.297 e. The van der Waals surface area contributed by atoms with Gasteiger partial charge in [0.1, 0.15) is 6.33 Å². The molecule has 0 aliphatic heterocycles. The molecule has 0 atom stereocenters. The first kappa shape index (κ1) is 10.1. The monoisotopic (exact) mass is 239 g/mol. The van der Waals surface area contributed by atoms with Crippen molar-refractivity contribution in [3.05, 3.63) is 41.2 Å². The second kappa shape index (κ2) is 4.37. The maximum atomic E-state index is 11.6. The standard InChI is InChI=1S/C9H6ClN3OS/c10-7-3-1-6(2-4-7)8(14)13-9-11-5-12-15-9/h1-5H,(H,11,12,13,14). The Labute approximate surface area is 95.1 Å². The van der Waals surface area contributed by atoms with E-state index in [2.05, 4.69) is 14.7 Å². The van der Waals surface area contributed by atoms with Crippen molar-refractivity contribution in [2.24, 2.45) is 0 Å². The van der Waals surface area contributed by atoms with Gasteiger partial charge in [-0.3, -0.25) is 10.1 Å². The van der Waals surface area contributed by atoms with Gasteiger partial charge in [0.25, 0.3) is 5.91 Å². The summed E-state index contributed by atoms with van der Waals surface area (Å²) in [7, 11) is 0. The van der Waals surface area contributed by atoms with E-state index in [-0.39, 0.29) is 5.91 Å². The second-order valence-electron chi connectivity index (χ2n) is 2.71. The van der Waals surface area contributed by atoms with Crippen molar-refractivity contribution in [1.82, 2.24) is 9.36 Å². The van der Waals surface area contributed by atoms with Gasteiger partial charge in [-0.05, 0) is 24.3 Å². The minimum Gasteiger partial charge on any atom is -0.297 e. The summed E-state index contributed by atoms with van der Waals surface area (Å²) < 4.78 is 3.78. The number of carbonyl (C=O) groups is 1. The Morgan fingerprint density at radius 3 is 2.67 bits per heavy atom. The van der Waals surface area contributed by atoms with Crippen LogP contribution in [0.1, 0.15) is 10.4 Å². The van der Waals surface area contributed by atoms with Crippen LogP contribution in [-0.2, 0) is 0 Å². The van der Waals surface area contributed by atoms with E-state index in [1.54, 1.807) is 24.3 Å². The molecule has 0 aliphatic rings. The Hall–Kier alpha value is -1.46. The zero-order valence-corrected chi connectivity index (χ0v) is 9.05. The SMILES string of the molecule is O=C(Nc1ncns1)c1ccc(Cl)cc1. The fraction of sp³-hybridized carbons (Fsp3) is 0. The van der Waals surface area contributed by atoms with Crippen LogP contribution in [0.5, 0.6) is 0 Å². The summed E-state index contributed by atoms with van der Waals surface area (Å²) in [4.78, 5) is 15.5. The van der Waals surface area contributed by atoms with Crippen molar-refractivity contribution in [2.75, 3.05) is 5.32 Å². The Kier molecular flexibility index (Phi) is 2.94. The van der Waals surface area contributed by atoms with Crippen LogP contribution in [0.2, 0.25) is 5.02 Å². The van der Waals surface area contributed by atoms with Gasteiger partial charge in [-0.1, -0.05) is 11.6 Å². The lowest BCUT2D eigenvalue weighted by Crippen LogP contribution is -2.11. The molecule has 1 aromatic heterocycles. The zero-order chi connectivity index (χ0) is 10.7.